The Hall–Kier alpha value is -2.33. The van der Waals surface area contributed by atoms with Crippen molar-refractivity contribution in [2.45, 2.75) is 13.0 Å². The Morgan fingerprint density at radius 1 is 1.33 bits per heavy atom. The van der Waals surface area contributed by atoms with Gasteiger partial charge in [0, 0.05) is 41.1 Å². The number of halogens is 1. The zero-order valence-electron chi connectivity index (χ0n) is 11.3. The molecule has 0 fully saturated rings. The first-order chi connectivity index (χ1) is 10.2. The molecular weight excluding hydrogens is 286 g/mol. The number of amides is 1. The summed E-state index contributed by atoms with van der Waals surface area (Å²) in [6.45, 7) is 0.482. The Kier molecular flexibility index (Phi) is 3.88. The Balaban J connectivity index is 1.67. The highest BCUT2D eigenvalue weighted by Crippen LogP contribution is 2.22. The Labute approximate surface area is 127 Å². The van der Waals surface area contributed by atoms with Crippen LogP contribution >= 0.6 is 11.6 Å². The number of aromatic nitrogens is 2. The number of carbonyl (C=O) groups is 1. The smallest absolute Gasteiger partial charge is 0.224 e. The SMILES string of the molecule is O=C(Cc1c[nH]c2ccc(Cl)cc12)NCc1cccnc1. The molecule has 5 heteroatoms. The highest BCUT2D eigenvalue weighted by molar-refractivity contribution is 6.31. The van der Waals surface area contributed by atoms with Crippen molar-refractivity contribution in [1.82, 2.24) is 15.3 Å². The summed E-state index contributed by atoms with van der Waals surface area (Å²) in [5.41, 5.74) is 2.90. The summed E-state index contributed by atoms with van der Waals surface area (Å²) < 4.78 is 0. The number of rotatable bonds is 4. The van der Waals surface area contributed by atoms with Gasteiger partial charge in [0.1, 0.15) is 0 Å². The predicted octanol–water partition coefficient (Wildman–Crippen LogP) is 3.08. The van der Waals surface area contributed by atoms with Crippen LogP contribution in [0.2, 0.25) is 5.02 Å². The molecule has 0 spiro atoms. The molecule has 0 radical (unpaired) electrons. The van der Waals surface area contributed by atoms with Gasteiger partial charge in [-0.15, -0.1) is 0 Å². The van der Waals surface area contributed by atoms with Gasteiger partial charge in [-0.3, -0.25) is 9.78 Å². The van der Waals surface area contributed by atoms with Crippen LogP contribution in [0.4, 0.5) is 0 Å². The van der Waals surface area contributed by atoms with Crippen molar-refractivity contribution in [3.8, 4) is 0 Å². The van der Waals surface area contributed by atoms with Crippen LogP contribution in [0.25, 0.3) is 10.9 Å². The highest BCUT2D eigenvalue weighted by Gasteiger charge is 2.09. The van der Waals surface area contributed by atoms with E-state index in [0.717, 1.165) is 22.0 Å². The van der Waals surface area contributed by atoms with Crippen LogP contribution in [0.5, 0.6) is 0 Å². The first-order valence-electron chi connectivity index (χ1n) is 6.63. The average molecular weight is 300 g/mol. The number of H-pyrrole nitrogens is 1. The Morgan fingerprint density at radius 2 is 2.24 bits per heavy atom. The number of carbonyl (C=O) groups excluding carboxylic acids is 1. The molecule has 0 atom stereocenters. The lowest BCUT2D eigenvalue weighted by Crippen LogP contribution is -2.24. The lowest BCUT2D eigenvalue weighted by molar-refractivity contribution is -0.120. The maximum absolute atomic E-state index is 12.0. The van der Waals surface area contributed by atoms with Crippen molar-refractivity contribution in [3.05, 3.63) is 65.1 Å². The van der Waals surface area contributed by atoms with E-state index in [9.17, 15) is 4.79 Å². The topological polar surface area (TPSA) is 57.8 Å². The van der Waals surface area contributed by atoms with Gasteiger partial charge in [-0.2, -0.15) is 0 Å². The van der Waals surface area contributed by atoms with E-state index in [-0.39, 0.29) is 5.91 Å². The Bertz CT molecular complexity index is 768. The van der Waals surface area contributed by atoms with Gasteiger partial charge in [0.05, 0.1) is 6.42 Å². The second-order valence-corrected chi connectivity index (χ2v) is 5.26. The summed E-state index contributed by atoms with van der Waals surface area (Å²) >= 11 is 6.00. The van der Waals surface area contributed by atoms with Crippen LogP contribution < -0.4 is 5.32 Å². The number of pyridine rings is 1. The van der Waals surface area contributed by atoms with Crippen LogP contribution in [-0.4, -0.2) is 15.9 Å². The molecule has 0 bridgehead atoms. The molecule has 2 aromatic heterocycles. The summed E-state index contributed by atoms with van der Waals surface area (Å²) in [5, 5.41) is 4.54. The standard InChI is InChI=1S/C16H14ClN3O/c17-13-3-4-15-14(7-13)12(10-19-15)6-16(21)20-9-11-2-1-5-18-8-11/h1-5,7-8,10,19H,6,9H2,(H,20,21). The predicted molar refractivity (Wildman–Crippen MR) is 83.1 cm³/mol. The fourth-order valence-corrected chi connectivity index (χ4v) is 2.41. The molecule has 21 heavy (non-hydrogen) atoms. The minimum absolute atomic E-state index is 0.0280. The van der Waals surface area contributed by atoms with Gasteiger partial charge >= 0.3 is 0 Å². The van der Waals surface area contributed by atoms with Crippen LogP contribution in [-0.2, 0) is 17.8 Å². The second kappa shape index (κ2) is 5.97. The van der Waals surface area contributed by atoms with Crippen molar-refractivity contribution < 1.29 is 4.79 Å². The molecule has 0 aliphatic heterocycles. The number of hydrogen-bond acceptors (Lipinski definition) is 2. The zero-order chi connectivity index (χ0) is 14.7. The second-order valence-electron chi connectivity index (χ2n) is 4.82. The number of fused-ring (bicyclic) bond motifs is 1. The molecule has 4 nitrogen and oxygen atoms in total. The minimum atomic E-state index is -0.0280. The van der Waals surface area contributed by atoms with Crippen LogP contribution in [0, 0.1) is 0 Å². The van der Waals surface area contributed by atoms with E-state index in [2.05, 4.69) is 15.3 Å². The fourth-order valence-electron chi connectivity index (χ4n) is 2.24. The van der Waals surface area contributed by atoms with Crippen molar-refractivity contribution in [1.29, 1.82) is 0 Å². The molecule has 1 aromatic carbocycles. The summed E-state index contributed by atoms with van der Waals surface area (Å²) in [4.78, 5) is 19.2. The van der Waals surface area contributed by atoms with Crippen molar-refractivity contribution in [2.75, 3.05) is 0 Å². The van der Waals surface area contributed by atoms with E-state index in [1.165, 1.54) is 0 Å². The maximum atomic E-state index is 12.0. The molecule has 3 rings (SSSR count). The van der Waals surface area contributed by atoms with Crippen LogP contribution in [0.3, 0.4) is 0 Å². The molecule has 0 saturated heterocycles. The average Bonchev–Trinajstić information content (AvgIpc) is 2.88. The summed E-state index contributed by atoms with van der Waals surface area (Å²) in [6.07, 6.45) is 5.62. The normalized spacial score (nSPS) is 10.7. The quantitative estimate of drug-likeness (QED) is 0.778. The molecule has 106 valence electrons. The molecule has 0 saturated carbocycles. The summed E-state index contributed by atoms with van der Waals surface area (Å²) in [5.74, 6) is -0.0280. The van der Waals surface area contributed by atoms with Crippen molar-refractivity contribution >= 4 is 28.4 Å². The Morgan fingerprint density at radius 3 is 3.05 bits per heavy atom. The molecular formula is C16H14ClN3O. The van der Waals surface area contributed by atoms with Gasteiger partial charge in [-0.25, -0.2) is 0 Å². The molecule has 0 unspecified atom stereocenters. The maximum Gasteiger partial charge on any atom is 0.224 e. The van der Waals surface area contributed by atoms with E-state index in [4.69, 9.17) is 11.6 Å². The molecule has 1 amide bonds. The number of aromatic amines is 1. The van der Waals surface area contributed by atoms with Crippen LogP contribution in [0.15, 0.2) is 48.9 Å². The largest absolute Gasteiger partial charge is 0.361 e. The van der Waals surface area contributed by atoms with Gasteiger partial charge in [0.2, 0.25) is 5.91 Å². The highest BCUT2D eigenvalue weighted by atomic mass is 35.5. The third-order valence-corrected chi connectivity index (χ3v) is 3.53. The number of benzene rings is 1. The van der Waals surface area contributed by atoms with Gasteiger partial charge in [0.15, 0.2) is 0 Å². The first-order valence-corrected chi connectivity index (χ1v) is 7.01. The molecule has 3 aromatic rings. The lowest BCUT2D eigenvalue weighted by atomic mass is 10.1. The first kappa shape index (κ1) is 13.6. The fraction of sp³-hybridized carbons (Fsp3) is 0.125. The van der Waals surface area contributed by atoms with Crippen LogP contribution in [0.1, 0.15) is 11.1 Å². The van der Waals surface area contributed by atoms with Gasteiger partial charge < -0.3 is 10.3 Å². The lowest BCUT2D eigenvalue weighted by Gasteiger charge is -2.04. The van der Waals surface area contributed by atoms with E-state index >= 15 is 0 Å². The summed E-state index contributed by atoms with van der Waals surface area (Å²) in [6, 6.07) is 9.39. The van der Waals surface area contributed by atoms with Crippen molar-refractivity contribution in [2.24, 2.45) is 0 Å². The van der Waals surface area contributed by atoms with Gasteiger partial charge in [0.25, 0.3) is 0 Å². The number of nitrogens with one attached hydrogen (secondary N) is 2. The molecule has 2 heterocycles. The third kappa shape index (κ3) is 3.23. The zero-order valence-corrected chi connectivity index (χ0v) is 12.0. The monoisotopic (exact) mass is 299 g/mol. The number of hydrogen-bond donors (Lipinski definition) is 2. The van der Waals surface area contributed by atoms with E-state index in [0.29, 0.717) is 18.0 Å². The minimum Gasteiger partial charge on any atom is -0.361 e. The van der Waals surface area contributed by atoms with E-state index < -0.39 is 0 Å². The molecule has 0 aliphatic carbocycles. The molecule has 2 N–H and O–H groups in total. The van der Waals surface area contributed by atoms with E-state index in [1.54, 1.807) is 12.4 Å². The van der Waals surface area contributed by atoms with Crippen molar-refractivity contribution in [3.63, 3.8) is 0 Å². The third-order valence-electron chi connectivity index (χ3n) is 3.29. The van der Waals surface area contributed by atoms with Gasteiger partial charge in [-0.05, 0) is 35.4 Å². The molecule has 0 aliphatic rings. The summed E-state index contributed by atoms with van der Waals surface area (Å²) in [7, 11) is 0. The number of nitrogens with zero attached hydrogens (tertiary/aromatic N) is 1. The van der Waals surface area contributed by atoms with Gasteiger partial charge in [-0.1, -0.05) is 17.7 Å². The van der Waals surface area contributed by atoms with E-state index in [1.807, 2.05) is 36.5 Å².